The lowest BCUT2D eigenvalue weighted by atomic mass is 10.1. The van der Waals surface area contributed by atoms with Gasteiger partial charge in [0.25, 0.3) is 0 Å². The van der Waals surface area contributed by atoms with Crippen molar-refractivity contribution in [3.8, 4) is 0 Å². The van der Waals surface area contributed by atoms with E-state index in [1.165, 1.54) is 12.8 Å². The van der Waals surface area contributed by atoms with Crippen molar-refractivity contribution >= 4 is 8.80 Å². The first kappa shape index (κ1) is 10.3. The van der Waals surface area contributed by atoms with Gasteiger partial charge >= 0.3 is 0 Å². The predicted octanol–water partition coefficient (Wildman–Crippen LogP) is 3.83. The summed E-state index contributed by atoms with van der Waals surface area (Å²) in [5, 5.41) is 0. The van der Waals surface area contributed by atoms with Crippen molar-refractivity contribution in [3.63, 3.8) is 0 Å². The molecule has 1 heterocycles. The summed E-state index contributed by atoms with van der Waals surface area (Å²) in [6, 6.07) is 4.97. The van der Waals surface area contributed by atoms with Crippen LogP contribution < -0.4 is 0 Å². The summed E-state index contributed by atoms with van der Waals surface area (Å²) in [5.41, 5.74) is 0. The number of unbranched alkanes of at least 4 members (excludes halogenated alkanes) is 2. The van der Waals surface area contributed by atoms with Crippen molar-refractivity contribution in [3.05, 3.63) is 0 Å². The molecule has 72 valence electrons. The highest BCUT2D eigenvalue weighted by molar-refractivity contribution is 6.58. The molecule has 1 rings (SSSR count). The van der Waals surface area contributed by atoms with Crippen LogP contribution in [0.2, 0.25) is 18.1 Å². The highest BCUT2D eigenvalue weighted by Crippen LogP contribution is 2.27. The third kappa shape index (κ3) is 3.75. The summed E-state index contributed by atoms with van der Waals surface area (Å²) >= 11 is 0. The fourth-order valence-corrected chi connectivity index (χ4v) is 6.11. The van der Waals surface area contributed by atoms with Crippen LogP contribution in [-0.2, 0) is 0 Å². The van der Waals surface area contributed by atoms with Crippen molar-refractivity contribution in [2.24, 2.45) is 5.92 Å². The first-order valence-corrected chi connectivity index (χ1v) is 8.28. The molecular formula is C11H24Si. The molecule has 1 saturated heterocycles. The molecule has 1 heteroatoms. The average molecular weight is 184 g/mol. The third-order valence-corrected chi connectivity index (χ3v) is 6.88. The van der Waals surface area contributed by atoms with E-state index in [2.05, 4.69) is 13.8 Å². The van der Waals surface area contributed by atoms with Gasteiger partial charge in [-0.25, -0.2) is 0 Å². The van der Waals surface area contributed by atoms with E-state index in [-0.39, 0.29) is 8.80 Å². The molecule has 0 saturated carbocycles. The van der Waals surface area contributed by atoms with E-state index in [4.69, 9.17) is 0 Å². The Labute approximate surface area is 79.4 Å². The third-order valence-electron chi connectivity index (χ3n) is 3.35. The van der Waals surface area contributed by atoms with Crippen LogP contribution in [0, 0.1) is 5.92 Å². The Hall–Kier alpha value is 0.217. The molecule has 0 amide bonds. The van der Waals surface area contributed by atoms with Crippen molar-refractivity contribution in [2.75, 3.05) is 0 Å². The Kier molecular flexibility index (Phi) is 4.97. The zero-order valence-corrected chi connectivity index (χ0v) is 9.97. The van der Waals surface area contributed by atoms with E-state index >= 15 is 0 Å². The van der Waals surface area contributed by atoms with Crippen LogP contribution in [0.1, 0.15) is 46.0 Å². The van der Waals surface area contributed by atoms with Crippen LogP contribution in [-0.4, -0.2) is 8.80 Å². The van der Waals surface area contributed by atoms with E-state index in [0.717, 1.165) is 5.92 Å². The van der Waals surface area contributed by atoms with Gasteiger partial charge in [0, 0.05) is 8.80 Å². The summed E-state index contributed by atoms with van der Waals surface area (Å²) < 4.78 is 0. The highest BCUT2D eigenvalue weighted by atomic mass is 28.3. The Balaban J connectivity index is 2.01. The van der Waals surface area contributed by atoms with Gasteiger partial charge in [-0.05, 0) is 5.92 Å². The van der Waals surface area contributed by atoms with Crippen molar-refractivity contribution in [1.29, 1.82) is 0 Å². The normalized spacial score (nSPS) is 30.5. The summed E-state index contributed by atoms with van der Waals surface area (Å²) in [7, 11) is -0.196. The summed E-state index contributed by atoms with van der Waals surface area (Å²) in [6.45, 7) is 4.74. The molecule has 0 unspecified atom stereocenters. The Bertz CT molecular complexity index is 104. The average Bonchev–Trinajstić information content (AvgIpc) is 2.09. The predicted molar refractivity (Wildman–Crippen MR) is 59.5 cm³/mol. The molecule has 0 nitrogen and oxygen atoms in total. The molecule has 1 aliphatic rings. The monoisotopic (exact) mass is 184 g/mol. The highest BCUT2D eigenvalue weighted by Gasteiger charge is 2.18. The minimum absolute atomic E-state index is 0.196. The molecular weight excluding hydrogens is 160 g/mol. The van der Waals surface area contributed by atoms with Crippen LogP contribution in [0.3, 0.4) is 0 Å². The fraction of sp³-hybridized carbons (Fsp3) is 1.00. The van der Waals surface area contributed by atoms with E-state index in [9.17, 15) is 0 Å². The van der Waals surface area contributed by atoms with Crippen LogP contribution in [0.15, 0.2) is 0 Å². The van der Waals surface area contributed by atoms with Gasteiger partial charge in [-0.15, -0.1) is 0 Å². The molecule has 0 spiro atoms. The minimum Gasteiger partial charge on any atom is -0.0654 e. The first-order valence-electron chi connectivity index (χ1n) is 5.83. The van der Waals surface area contributed by atoms with Gasteiger partial charge in [0.1, 0.15) is 0 Å². The van der Waals surface area contributed by atoms with Gasteiger partial charge < -0.3 is 0 Å². The molecule has 1 fully saturated rings. The number of hydrogen-bond donors (Lipinski definition) is 0. The van der Waals surface area contributed by atoms with E-state index in [0.29, 0.717) is 0 Å². The van der Waals surface area contributed by atoms with Gasteiger partial charge in [0.15, 0.2) is 0 Å². The van der Waals surface area contributed by atoms with Gasteiger partial charge in [0.05, 0.1) is 0 Å². The lowest BCUT2D eigenvalue weighted by molar-refractivity contribution is 0.515. The second-order valence-corrected chi connectivity index (χ2v) is 8.09. The lowest BCUT2D eigenvalue weighted by Gasteiger charge is -2.24. The first-order chi connectivity index (χ1) is 5.83. The molecule has 0 aromatic rings. The van der Waals surface area contributed by atoms with Crippen LogP contribution in [0.5, 0.6) is 0 Å². The lowest BCUT2D eigenvalue weighted by Crippen LogP contribution is -2.19. The molecule has 0 radical (unpaired) electrons. The number of rotatable bonds is 4. The second-order valence-electron chi connectivity index (χ2n) is 4.62. The molecule has 0 atom stereocenters. The maximum Gasteiger partial charge on any atom is 0.0368 e. The zero-order chi connectivity index (χ0) is 8.81. The SMILES string of the molecule is CCCCC[SiH]1CCC(C)CC1. The summed E-state index contributed by atoms with van der Waals surface area (Å²) in [6.07, 6.45) is 7.55. The van der Waals surface area contributed by atoms with Crippen molar-refractivity contribution in [2.45, 2.75) is 64.1 Å². The Morgan fingerprint density at radius 3 is 2.42 bits per heavy atom. The van der Waals surface area contributed by atoms with Gasteiger partial charge in [-0.1, -0.05) is 64.1 Å². The Morgan fingerprint density at radius 1 is 1.17 bits per heavy atom. The second kappa shape index (κ2) is 5.79. The topological polar surface area (TPSA) is 0 Å². The molecule has 0 aromatic heterocycles. The summed E-state index contributed by atoms with van der Waals surface area (Å²) in [5.74, 6) is 1.06. The van der Waals surface area contributed by atoms with Crippen molar-refractivity contribution < 1.29 is 0 Å². The molecule has 0 N–H and O–H groups in total. The van der Waals surface area contributed by atoms with E-state index < -0.39 is 0 Å². The number of hydrogen-bond acceptors (Lipinski definition) is 0. The molecule has 0 aromatic carbocycles. The van der Waals surface area contributed by atoms with E-state index in [1.807, 2.05) is 0 Å². The van der Waals surface area contributed by atoms with Gasteiger partial charge in [-0.2, -0.15) is 0 Å². The molecule has 12 heavy (non-hydrogen) atoms. The quantitative estimate of drug-likeness (QED) is 0.460. The Morgan fingerprint density at radius 2 is 1.83 bits per heavy atom. The minimum atomic E-state index is -0.196. The van der Waals surface area contributed by atoms with E-state index in [1.54, 1.807) is 37.4 Å². The van der Waals surface area contributed by atoms with Gasteiger partial charge in [-0.3, -0.25) is 0 Å². The van der Waals surface area contributed by atoms with Crippen LogP contribution >= 0.6 is 0 Å². The molecule has 1 aliphatic heterocycles. The zero-order valence-electron chi connectivity index (χ0n) is 8.81. The standard InChI is InChI=1S/C11H24Si/c1-3-4-5-8-12-9-6-11(2)7-10-12/h11-12H,3-10H2,1-2H3. The molecule has 0 aliphatic carbocycles. The maximum absolute atomic E-state index is 2.43. The van der Waals surface area contributed by atoms with Crippen LogP contribution in [0.25, 0.3) is 0 Å². The largest absolute Gasteiger partial charge is 0.0654 e. The van der Waals surface area contributed by atoms with Crippen LogP contribution in [0.4, 0.5) is 0 Å². The fourth-order valence-electron chi connectivity index (χ4n) is 2.30. The van der Waals surface area contributed by atoms with Gasteiger partial charge in [0.2, 0.25) is 0 Å². The smallest absolute Gasteiger partial charge is 0.0368 e. The summed E-state index contributed by atoms with van der Waals surface area (Å²) in [4.78, 5) is 0. The van der Waals surface area contributed by atoms with Crippen molar-refractivity contribution in [1.82, 2.24) is 0 Å². The molecule has 0 bridgehead atoms. The maximum atomic E-state index is 2.43.